The van der Waals surface area contributed by atoms with Gasteiger partial charge in [0.2, 0.25) is 0 Å². The summed E-state index contributed by atoms with van der Waals surface area (Å²) in [5.74, 6) is 0.0803. The van der Waals surface area contributed by atoms with Crippen molar-refractivity contribution in [2.75, 3.05) is 27.2 Å². The van der Waals surface area contributed by atoms with Gasteiger partial charge in [0.15, 0.2) is 0 Å². The Kier molecular flexibility index (Phi) is 4.73. The maximum atomic E-state index is 12.9. The van der Waals surface area contributed by atoms with Crippen LogP contribution in [0, 0.1) is 6.92 Å². The average Bonchev–Trinajstić information content (AvgIpc) is 2.97. The Morgan fingerprint density at radius 2 is 2.09 bits per heavy atom. The molecule has 0 radical (unpaired) electrons. The van der Waals surface area contributed by atoms with Crippen molar-refractivity contribution in [3.8, 4) is 10.7 Å². The topological polar surface area (TPSA) is 49.3 Å². The molecule has 1 aliphatic rings. The average molecular weight is 330 g/mol. The van der Waals surface area contributed by atoms with E-state index in [9.17, 15) is 4.79 Å². The molecule has 0 aromatic carbocycles. The van der Waals surface area contributed by atoms with E-state index in [0.29, 0.717) is 6.04 Å². The molecule has 3 heterocycles. The van der Waals surface area contributed by atoms with E-state index in [2.05, 4.69) is 21.9 Å². The number of rotatable bonds is 3. The number of hydrogen-bond acceptors (Lipinski definition) is 5. The Morgan fingerprint density at radius 3 is 2.74 bits per heavy atom. The number of likely N-dealkylation sites (tertiary alicyclic amines) is 1. The minimum atomic E-state index is 0.0803. The van der Waals surface area contributed by atoms with Crippen LogP contribution in [-0.2, 0) is 0 Å². The molecule has 3 rings (SSSR count). The first-order valence-electron chi connectivity index (χ1n) is 7.91. The molecule has 1 fully saturated rings. The van der Waals surface area contributed by atoms with E-state index in [1.54, 1.807) is 6.20 Å². The molecule has 1 amide bonds. The normalized spacial score (nSPS) is 16.5. The minimum absolute atomic E-state index is 0.0803. The van der Waals surface area contributed by atoms with Gasteiger partial charge in [0, 0.05) is 19.3 Å². The van der Waals surface area contributed by atoms with E-state index in [1.807, 2.05) is 37.1 Å². The zero-order valence-electron chi connectivity index (χ0n) is 13.8. The van der Waals surface area contributed by atoms with Crippen LogP contribution in [0.25, 0.3) is 10.7 Å². The Morgan fingerprint density at radius 1 is 1.35 bits per heavy atom. The maximum Gasteiger partial charge on any atom is 0.265 e. The minimum Gasteiger partial charge on any atom is -0.338 e. The number of aromatic nitrogens is 2. The summed E-state index contributed by atoms with van der Waals surface area (Å²) in [6.45, 7) is 3.99. The second kappa shape index (κ2) is 6.76. The van der Waals surface area contributed by atoms with Crippen LogP contribution in [-0.4, -0.2) is 58.9 Å². The van der Waals surface area contributed by atoms with Crippen molar-refractivity contribution in [3.05, 3.63) is 35.0 Å². The zero-order chi connectivity index (χ0) is 16.4. The lowest BCUT2D eigenvalue weighted by atomic mass is 10.0. The molecule has 1 aliphatic heterocycles. The maximum absolute atomic E-state index is 12.9. The van der Waals surface area contributed by atoms with Crippen molar-refractivity contribution < 1.29 is 4.79 Å². The van der Waals surface area contributed by atoms with E-state index in [1.165, 1.54) is 11.3 Å². The van der Waals surface area contributed by atoms with E-state index in [-0.39, 0.29) is 5.91 Å². The number of carbonyl (C=O) groups excluding carboxylic acids is 1. The quantitative estimate of drug-likeness (QED) is 0.868. The summed E-state index contributed by atoms with van der Waals surface area (Å²) in [5, 5.41) is 0.809. The van der Waals surface area contributed by atoms with E-state index in [0.717, 1.165) is 47.2 Å². The zero-order valence-corrected chi connectivity index (χ0v) is 14.6. The van der Waals surface area contributed by atoms with Crippen molar-refractivity contribution in [2.24, 2.45) is 0 Å². The van der Waals surface area contributed by atoms with Crippen LogP contribution in [0.15, 0.2) is 24.4 Å². The van der Waals surface area contributed by atoms with Crippen LogP contribution in [0.5, 0.6) is 0 Å². The van der Waals surface area contributed by atoms with Crippen molar-refractivity contribution in [1.82, 2.24) is 19.8 Å². The predicted octanol–water partition coefficient (Wildman–Crippen LogP) is 2.68. The number of hydrogen-bond donors (Lipinski definition) is 0. The molecule has 0 unspecified atom stereocenters. The summed E-state index contributed by atoms with van der Waals surface area (Å²) in [7, 11) is 4.04. The molecule has 0 N–H and O–H groups in total. The molecule has 0 aliphatic carbocycles. The van der Waals surface area contributed by atoms with Gasteiger partial charge in [0.1, 0.15) is 9.88 Å². The predicted molar refractivity (Wildman–Crippen MR) is 92.7 cm³/mol. The molecule has 2 aromatic rings. The third-order valence-corrected chi connectivity index (χ3v) is 5.60. The van der Waals surface area contributed by atoms with Gasteiger partial charge in [0.25, 0.3) is 5.91 Å². The van der Waals surface area contributed by atoms with Gasteiger partial charge in [-0.3, -0.25) is 9.78 Å². The molecule has 6 heteroatoms. The van der Waals surface area contributed by atoms with Gasteiger partial charge < -0.3 is 9.80 Å². The van der Waals surface area contributed by atoms with Gasteiger partial charge in [-0.1, -0.05) is 6.07 Å². The lowest BCUT2D eigenvalue weighted by Gasteiger charge is -2.34. The second-order valence-electron chi connectivity index (χ2n) is 6.10. The first-order valence-corrected chi connectivity index (χ1v) is 8.72. The Hall–Kier alpha value is -1.79. The molecular formula is C17H22N4OS. The van der Waals surface area contributed by atoms with Crippen molar-refractivity contribution >= 4 is 17.2 Å². The van der Waals surface area contributed by atoms with Gasteiger partial charge in [-0.2, -0.15) is 0 Å². The highest BCUT2D eigenvalue weighted by molar-refractivity contribution is 7.17. The number of aryl methyl sites for hydroxylation is 1. The number of thiazole rings is 1. The smallest absolute Gasteiger partial charge is 0.265 e. The lowest BCUT2D eigenvalue weighted by molar-refractivity contribution is 0.0663. The van der Waals surface area contributed by atoms with Crippen LogP contribution >= 0.6 is 11.3 Å². The molecule has 0 bridgehead atoms. The highest BCUT2D eigenvalue weighted by Gasteiger charge is 2.27. The summed E-state index contributed by atoms with van der Waals surface area (Å²) in [4.78, 5) is 26.7. The molecule has 2 aromatic heterocycles. The summed E-state index contributed by atoms with van der Waals surface area (Å²) in [6, 6.07) is 6.06. The summed E-state index contributed by atoms with van der Waals surface area (Å²) < 4.78 is 0. The van der Waals surface area contributed by atoms with Crippen LogP contribution in [0.2, 0.25) is 0 Å². The highest BCUT2D eigenvalue weighted by Crippen LogP contribution is 2.28. The Balaban J connectivity index is 1.78. The molecule has 5 nitrogen and oxygen atoms in total. The molecular weight excluding hydrogens is 308 g/mol. The van der Waals surface area contributed by atoms with E-state index >= 15 is 0 Å². The molecule has 0 saturated carbocycles. The fraction of sp³-hybridized carbons (Fsp3) is 0.471. The summed E-state index contributed by atoms with van der Waals surface area (Å²) in [6.07, 6.45) is 3.81. The molecule has 122 valence electrons. The third kappa shape index (κ3) is 3.43. The van der Waals surface area contributed by atoms with Crippen molar-refractivity contribution in [3.63, 3.8) is 0 Å². The Labute approximate surface area is 141 Å². The van der Waals surface area contributed by atoms with Gasteiger partial charge in [-0.05, 0) is 52.0 Å². The van der Waals surface area contributed by atoms with Crippen LogP contribution in [0.4, 0.5) is 0 Å². The van der Waals surface area contributed by atoms with Crippen LogP contribution < -0.4 is 0 Å². The lowest BCUT2D eigenvalue weighted by Crippen LogP contribution is -2.44. The number of nitrogens with zero attached hydrogens (tertiary/aromatic N) is 4. The Bertz CT molecular complexity index is 677. The first-order chi connectivity index (χ1) is 11.1. The molecule has 0 spiro atoms. The highest BCUT2D eigenvalue weighted by atomic mass is 32.1. The van der Waals surface area contributed by atoms with E-state index < -0.39 is 0 Å². The van der Waals surface area contributed by atoms with Crippen LogP contribution in [0.1, 0.15) is 28.2 Å². The van der Waals surface area contributed by atoms with E-state index in [4.69, 9.17) is 0 Å². The number of carbonyl (C=O) groups is 1. The monoisotopic (exact) mass is 330 g/mol. The first kappa shape index (κ1) is 16.1. The standard InChI is InChI=1S/C17H22N4OS/c1-12-15(23-16(19-12)14-6-4-5-9-18-14)17(22)21(3)13-7-10-20(2)11-8-13/h4-6,9,13H,7-8,10-11H2,1-3H3. The fourth-order valence-electron chi connectivity index (χ4n) is 2.90. The number of piperidine rings is 1. The van der Waals surface area contributed by atoms with Gasteiger partial charge in [-0.25, -0.2) is 4.98 Å². The fourth-order valence-corrected chi connectivity index (χ4v) is 3.93. The SMILES string of the molecule is Cc1nc(-c2ccccn2)sc1C(=O)N(C)C1CCN(C)CC1. The third-order valence-electron chi connectivity index (χ3n) is 4.43. The second-order valence-corrected chi connectivity index (χ2v) is 7.10. The molecule has 23 heavy (non-hydrogen) atoms. The number of pyridine rings is 1. The summed E-state index contributed by atoms with van der Waals surface area (Å²) >= 11 is 1.44. The number of amides is 1. The van der Waals surface area contributed by atoms with Gasteiger partial charge in [-0.15, -0.1) is 11.3 Å². The summed E-state index contributed by atoms with van der Waals surface area (Å²) in [5.41, 5.74) is 1.61. The molecule has 1 saturated heterocycles. The van der Waals surface area contributed by atoms with Crippen molar-refractivity contribution in [2.45, 2.75) is 25.8 Å². The van der Waals surface area contributed by atoms with Crippen LogP contribution in [0.3, 0.4) is 0 Å². The van der Waals surface area contributed by atoms with Gasteiger partial charge in [0.05, 0.1) is 11.4 Å². The largest absolute Gasteiger partial charge is 0.338 e. The van der Waals surface area contributed by atoms with Crippen molar-refractivity contribution in [1.29, 1.82) is 0 Å². The van der Waals surface area contributed by atoms with Gasteiger partial charge >= 0.3 is 0 Å². The molecule has 0 atom stereocenters.